The van der Waals surface area contributed by atoms with Gasteiger partial charge in [0, 0.05) is 0 Å². The Morgan fingerprint density at radius 2 is 2.12 bits per heavy atom. The molecule has 0 aliphatic carbocycles. The fraction of sp³-hybridized carbons (Fsp3) is 0.500. The van der Waals surface area contributed by atoms with Crippen molar-refractivity contribution in [2.24, 2.45) is 5.84 Å². The standard InChI is InChI=1S/C12H18N2O2/c13-14-11(12-9-15-6-7-16-12)8-10-4-2-1-3-5-10/h1-5,11-12,14H,6-9,13H2. The lowest BCUT2D eigenvalue weighted by Crippen LogP contribution is -2.50. The van der Waals surface area contributed by atoms with E-state index in [4.69, 9.17) is 15.3 Å². The van der Waals surface area contributed by atoms with E-state index in [0.29, 0.717) is 19.8 Å². The zero-order valence-electron chi connectivity index (χ0n) is 9.26. The molecule has 16 heavy (non-hydrogen) atoms. The molecule has 0 radical (unpaired) electrons. The molecule has 3 N–H and O–H groups in total. The average Bonchev–Trinajstić information content (AvgIpc) is 2.38. The fourth-order valence-corrected chi connectivity index (χ4v) is 1.90. The van der Waals surface area contributed by atoms with E-state index in [-0.39, 0.29) is 12.1 Å². The SMILES string of the molecule is NNC(Cc1ccccc1)C1COCCO1. The van der Waals surface area contributed by atoms with E-state index in [9.17, 15) is 0 Å². The molecule has 1 saturated heterocycles. The van der Waals surface area contributed by atoms with Gasteiger partial charge in [-0.3, -0.25) is 11.3 Å². The summed E-state index contributed by atoms with van der Waals surface area (Å²) in [7, 11) is 0. The second kappa shape index (κ2) is 5.96. The molecule has 0 amide bonds. The van der Waals surface area contributed by atoms with Crippen molar-refractivity contribution in [2.75, 3.05) is 19.8 Å². The van der Waals surface area contributed by atoms with Crippen LogP contribution in [0, 0.1) is 0 Å². The summed E-state index contributed by atoms with van der Waals surface area (Å²) in [6.07, 6.45) is 0.893. The van der Waals surface area contributed by atoms with Gasteiger partial charge in [-0.1, -0.05) is 30.3 Å². The first-order valence-electron chi connectivity index (χ1n) is 5.59. The number of benzene rings is 1. The quantitative estimate of drug-likeness (QED) is 0.574. The Balaban J connectivity index is 1.94. The molecular weight excluding hydrogens is 204 g/mol. The molecule has 2 unspecified atom stereocenters. The number of hydrogen-bond acceptors (Lipinski definition) is 4. The minimum absolute atomic E-state index is 0.0407. The van der Waals surface area contributed by atoms with E-state index in [0.717, 1.165) is 6.42 Å². The van der Waals surface area contributed by atoms with Crippen LogP contribution >= 0.6 is 0 Å². The van der Waals surface area contributed by atoms with Crippen molar-refractivity contribution in [3.8, 4) is 0 Å². The van der Waals surface area contributed by atoms with Gasteiger partial charge in [-0.2, -0.15) is 0 Å². The van der Waals surface area contributed by atoms with Crippen molar-refractivity contribution >= 4 is 0 Å². The first-order valence-corrected chi connectivity index (χ1v) is 5.59. The molecule has 1 heterocycles. The van der Waals surface area contributed by atoms with Crippen molar-refractivity contribution in [2.45, 2.75) is 18.6 Å². The molecule has 0 aromatic heterocycles. The normalized spacial score (nSPS) is 22.9. The molecule has 1 aliphatic heterocycles. The van der Waals surface area contributed by atoms with Crippen LogP contribution in [0.25, 0.3) is 0 Å². The van der Waals surface area contributed by atoms with Gasteiger partial charge in [-0.25, -0.2) is 0 Å². The maximum Gasteiger partial charge on any atom is 0.0978 e. The van der Waals surface area contributed by atoms with Gasteiger partial charge in [0.1, 0.15) is 0 Å². The zero-order chi connectivity index (χ0) is 11.2. The second-order valence-corrected chi connectivity index (χ2v) is 3.95. The Hall–Kier alpha value is -0.940. The Morgan fingerprint density at radius 3 is 2.75 bits per heavy atom. The lowest BCUT2D eigenvalue weighted by Gasteiger charge is -2.30. The van der Waals surface area contributed by atoms with Gasteiger partial charge >= 0.3 is 0 Å². The highest BCUT2D eigenvalue weighted by atomic mass is 16.6. The molecule has 1 aromatic carbocycles. The monoisotopic (exact) mass is 222 g/mol. The van der Waals surface area contributed by atoms with Crippen LogP contribution in [0.2, 0.25) is 0 Å². The van der Waals surface area contributed by atoms with E-state index in [1.54, 1.807) is 0 Å². The lowest BCUT2D eigenvalue weighted by atomic mass is 10.0. The maximum atomic E-state index is 5.64. The van der Waals surface area contributed by atoms with E-state index in [2.05, 4.69) is 17.6 Å². The molecule has 0 spiro atoms. The predicted octanol–water partition coefficient (Wildman–Crippen LogP) is 0.476. The number of nitrogens with two attached hydrogens (primary N) is 1. The van der Waals surface area contributed by atoms with Crippen LogP contribution in [0.5, 0.6) is 0 Å². The average molecular weight is 222 g/mol. The summed E-state index contributed by atoms with van der Waals surface area (Å²) < 4.78 is 11.0. The van der Waals surface area contributed by atoms with Crippen LogP contribution in [0.15, 0.2) is 30.3 Å². The largest absolute Gasteiger partial charge is 0.376 e. The second-order valence-electron chi connectivity index (χ2n) is 3.95. The summed E-state index contributed by atoms with van der Waals surface area (Å²) in [5.74, 6) is 5.57. The van der Waals surface area contributed by atoms with Crippen LogP contribution in [-0.4, -0.2) is 32.0 Å². The lowest BCUT2D eigenvalue weighted by molar-refractivity contribution is -0.101. The number of hydrogen-bond donors (Lipinski definition) is 2. The molecular formula is C12H18N2O2. The highest BCUT2D eigenvalue weighted by molar-refractivity contribution is 5.16. The Morgan fingerprint density at radius 1 is 1.31 bits per heavy atom. The van der Waals surface area contributed by atoms with Gasteiger partial charge in [-0.05, 0) is 12.0 Å². The Bertz CT molecular complexity index is 299. The van der Waals surface area contributed by atoms with Crippen molar-refractivity contribution in [1.29, 1.82) is 0 Å². The van der Waals surface area contributed by atoms with Crippen LogP contribution in [0.4, 0.5) is 0 Å². The molecule has 2 atom stereocenters. The van der Waals surface area contributed by atoms with Crippen molar-refractivity contribution in [3.63, 3.8) is 0 Å². The van der Waals surface area contributed by atoms with E-state index in [1.807, 2.05) is 18.2 Å². The summed E-state index contributed by atoms with van der Waals surface area (Å²) in [4.78, 5) is 0. The molecule has 2 rings (SSSR count). The van der Waals surface area contributed by atoms with E-state index >= 15 is 0 Å². The third-order valence-electron chi connectivity index (χ3n) is 2.80. The van der Waals surface area contributed by atoms with Crippen LogP contribution in [0.1, 0.15) is 5.56 Å². The van der Waals surface area contributed by atoms with Gasteiger partial charge in [0.25, 0.3) is 0 Å². The highest BCUT2D eigenvalue weighted by Crippen LogP contribution is 2.11. The molecule has 4 heteroatoms. The van der Waals surface area contributed by atoms with E-state index < -0.39 is 0 Å². The highest BCUT2D eigenvalue weighted by Gasteiger charge is 2.24. The van der Waals surface area contributed by atoms with Gasteiger partial charge in [0.15, 0.2) is 0 Å². The van der Waals surface area contributed by atoms with E-state index in [1.165, 1.54) is 5.56 Å². The van der Waals surface area contributed by atoms with Gasteiger partial charge in [0.05, 0.1) is 32.0 Å². The summed E-state index contributed by atoms with van der Waals surface area (Å²) >= 11 is 0. The number of hydrazine groups is 1. The Labute approximate surface area is 95.7 Å². The maximum absolute atomic E-state index is 5.64. The third kappa shape index (κ3) is 3.02. The van der Waals surface area contributed by atoms with Crippen molar-refractivity contribution < 1.29 is 9.47 Å². The van der Waals surface area contributed by atoms with Crippen molar-refractivity contribution in [1.82, 2.24) is 5.43 Å². The molecule has 4 nitrogen and oxygen atoms in total. The van der Waals surface area contributed by atoms with Crippen LogP contribution < -0.4 is 11.3 Å². The minimum Gasteiger partial charge on any atom is -0.376 e. The summed E-state index contributed by atoms with van der Waals surface area (Å²) in [5, 5.41) is 0. The molecule has 1 aliphatic rings. The van der Waals surface area contributed by atoms with Crippen molar-refractivity contribution in [3.05, 3.63) is 35.9 Å². The fourth-order valence-electron chi connectivity index (χ4n) is 1.90. The molecule has 88 valence electrons. The van der Waals surface area contributed by atoms with Gasteiger partial charge in [-0.15, -0.1) is 0 Å². The number of rotatable bonds is 4. The van der Waals surface area contributed by atoms with Gasteiger partial charge in [0.2, 0.25) is 0 Å². The smallest absolute Gasteiger partial charge is 0.0978 e. The number of ether oxygens (including phenoxy) is 2. The molecule has 1 fully saturated rings. The molecule has 0 bridgehead atoms. The molecule has 0 saturated carbocycles. The first-order chi connectivity index (χ1) is 7.90. The first kappa shape index (κ1) is 11.5. The number of nitrogens with one attached hydrogen (secondary N) is 1. The Kier molecular flexibility index (Phi) is 4.30. The predicted molar refractivity (Wildman–Crippen MR) is 61.8 cm³/mol. The topological polar surface area (TPSA) is 56.5 Å². The van der Waals surface area contributed by atoms with Crippen LogP contribution in [0.3, 0.4) is 0 Å². The minimum atomic E-state index is 0.0407. The van der Waals surface area contributed by atoms with Crippen LogP contribution in [-0.2, 0) is 15.9 Å². The third-order valence-corrected chi connectivity index (χ3v) is 2.80. The summed E-state index contributed by atoms with van der Waals surface area (Å²) in [6, 6.07) is 10.3. The van der Waals surface area contributed by atoms with Gasteiger partial charge < -0.3 is 9.47 Å². The summed E-state index contributed by atoms with van der Waals surface area (Å²) in [5.41, 5.74) is 4.06. The summed E-state index contributed by atoms with van der Waals surface area (Å²) in [6.45, 7) is 1.94. The zero-order valence-corrected chi connectivity index (χ0v) is 9.26. The molecule has 1 aromatic rings.